The first-order valence-electron chi connectivity index (χ1n) is 8.09. The number of anilines is 1. The Bertz CT molecular complexity index is 800. The van der Waals surface area contributed by atoms with Crippen molar-refractivity contribution in [1.82, 2.24) is 4.90 Å². The molecule has 0 saturated heterocycles. The standard InChI is InChI=1S/C17H20BrN3O2S2/c1-21(7-10-6-13(18)24-9-10)8-14(22)20-17-15(16(19)23)11-4-2-3-5-12(11)25-17/h6,9H,2-5,7-8H2,1H3,(H2,19,23)(H,20,22). The third-order valence-electron chi connectivity index (χ3n) is 4.16. The zero-order valence-electron chi connectivity index (χ0n) is 13.9. The fourth-order valence-electron chi connectivity index (χ4n) is 3.12. The second kappa shape index (κ2) is 7.99. The lowest BCUT2D eigenvalue weighted by Crippen LogP contribution is -2.30. The van der Waals surface area contributed by atoms with E-state index in [1.807, 2.05) is 11.9 Å². The molecule has 0 aliphatic heterocycles. The van der Waals surface area contributed by atoms with Gasteiger partial charge in [0.2, 0.25) is 5.91 Å². The fourth-order valence-corrected chi connectivity index (χ4v) is 5.63. The van der Waals surface area contributed by atoms with Crippen LogP contribution in [0.3, 0.4) is 0 Å². The van der Waals surface area contributed by atoms with Crippen LogP contribution in [0.1, 0.15) is 39.2 Å². The number of carbonyl (C=O) groups is 2. The number of hydrogen-bond acceptors (Lipinski definition) is 5. The molecule has 0 radical (unpaired) electrons. The van der Waals surface area contributed by atoms with Crippen LogP contribution >= 0.6 is 38.6 Å². The molecule has 8 heteroatoms. The molecule has 134 valence electrons. The Kier molecular flexibility index (Phi) is 5.93. The SMILES string of the molecule is CN(CC(=O)Nc1sc2c(c1C(N)=O)CCCC2)Cc1csc(Br)c1. The van der Waals surface area contributed by atoms with Gasteiger partial charge in [0.05, 0.1) is 15.9 Å². The van der Waals surface area contributed by atoms with E-state index in [2.05, 4.69) is 32.7 Å². The zero-order valence-corrected chi connectivity index (χ0v) is 17.2. The van der Waals surface area contributed by atoms with Crippen LogP contribution in [0.25, 0.3) is 0 Å². The highest BCUT2D eigenvalue weighted by molar-refractivity contribution is 9.11. The normalized spacial score (nSPS) is 13.7. The molecule has 1 aliphatic carbocycles. The first kappa shape index (κ1) is 18.6. The number of nitrogens with one attached hydrogen (secondary N) is 1. The van der Waals surface area contributed by atoms with Crippen LogP contribution in [0, 0.1) is 0 Å². The minimum atomic E-state index is -0.453. The molecule has 2 aromatic heterocycles. The van der Waals surface area contributed by atoms with Gasteiger partial charge < -0.3 is 11.1 Å². The minimum absolute atomic E-state index is 0.127. The molecule has 0 unspecified atom stereocenters. The fraction of sp³-hybridized carbons (Fsp3) is 0.412. The molecule has 0 atom stereocenters. The number of nitrogens with two attached hydrogens (primary N) is 1. The van der Waals surface area contributed by atoms with E-state index in [0.717, 1.165) is 40.6 Å². The number of thiophene rings is 2. The van der Waals surface area contributed by atoms with Crippen LogP contribution in [0.4, 0.5) is 5.00 Å². The van der Waals surface area contributed by atoms with Gasteiger partial charge in [0.25, 0.3) is 5.91 Å². The Labute approximate surface area is 163 Å². The summed E-state index contributed by atoms with van der Waals surface area (Å²) in [6, 6.07) is 2.05. The van der Waals surface area contributed by atoms with E-state index in [1.54, 1.807) is 11.3 Å². The number of amides is 2. The highest BCUT2D eigenvalue weighted by atomic mass is 79.9. The summed E-state index contributed by atoms with van der Waals surface area (Å²) in [5, 5.41) is 5.58. The highest BCUT2D eigenvalue weighted by Crippen LogP contribution is 2.37. The molecule has 0 bridgehead atoms. The summed E-state index contributed by atoms with van der Waals surface area (Å²) >= 11 is 6.57. The molecule has 5 nitrogen and oxygen atoms in total. The van der Waals surface area contributed by atoms with E-state index in [0.29, 0.717) is 17.1 Å². The molecule has 2 aromatic rings. The summed E-state index contributed by atoms with van der Waals surface area (Å²) in [5.74, 6) is -0.580. The summed E-state index contributed by atoms with van der Waals surface area (Å²) in [4.78, 5) is 27.4. The van der Waals surface area contributed by atoms with Crippen LogP contribution in [0.2, 0.25) is 0 Å². The first-order chi connectivity index (χ1) is 11.9. The molecule has 25 heavy (non-hydrogen) atoms. The van der Waals surface area contributed by atoms with Gasteiger partial charge in [0.15, 0.2) is 0 Å². The van der Waals surface area contributed by atoms with E-state index in [-0.39, 0.29) is 12.5 Å². The van der Waals surface area contributed by atoms with Crippen LogP contribution in [-0.4, -0.2) is 30.3 Å². The van der Waals surface area contributed by atoms with Gasteiger partial charge in [-0.25, -0.2) is 0 Å². The van der Waals surface area contributed by atoms with Crippen LogP contribution < -0.4 is 11.1 Å². The van der Waals surface area contributed by atoms with Crippen molar-refractivity contribution in [3.63, 3.8) is 0 Å². The lowest BCUT2D eigenvalue weighted by molar-refractivity contribution is -0.117. The molecule has 0 saturated carbocycles. The van der Waals surface area contributed by atoms with Gasteiger partial charge in [-0.15, -0.1) is 22.7 Å². The summed E-state index contributed by atoms with van der Waals surface area (Å²) in [5.41, 5.74) is 8.28. The zero-order chi connectivity index (χ0) is 18.0. The molecule has 1 aliphatic rings. The largest absolute Gasteiger partial charge is 0.365 e. The lowest BCUT2D eigenvalue weighted by atomic mass is 9.95. The number of rotatable bonds is 6. The Morgan fingerprint density at radius 1 is 1.36 bits per heavy atom. The Balaban J connectivity index is 1.66. The van der Waals surface area contributed by atoms with Gasteiger partial charge in [-0.3, -0.25) is 14.5 Å². The van der Waals surface area contributed by atoms with Gasteiger partial charge >= 0.3 is 0 Å². The van der Waals surface area contributed by atoms with Gasteiger partial charge in [0.1, 0.15) is 5.00 Å². The summed E-state index contributed by atoms with van der Waals surface area (Å²) < 4.78 is 1.08. The van der Waals surface area contributed by atoms with Crippen LogP contribution in [0.15, 0.2) is 15.2 Å². The van der Waals surface area contributed by atoms with Crippen molar-refractivity contribution < 1.29 is 9.59 Å². The molecule has 3 N–H and O–H groups in total. The monoisotopic (exact) mass is 441 g/mol. The van der Waals surface area contributed by atoms with E-state index in [1.165, 1.54) is 16.2 Å². The molecular formula is C17H20BrN3O2S2. The predicted octanol–water partition coefficient (Wildman–Crippen LogP) is 3.62. The minimum Gasteiger partial charge on any atom is -0.365 e. The number of carbonyl (C=O) groups excluding carboxylic acids is 2. The quantitative estimate of drug-likeness (QED) is 0.718. The average Bonchev–Trinajstić information content (AvgIpc) is 3.09. The van der Waals surface area contributed by atoms with Crippen molar-refractivity contribution in [1.29, 1.82) is 0 Å². The van der Waals surface area contributed by atoms with Crippen LogP contribution in [0.5, 0.6) is 0 Å². The molecular weight excluding hydrogens is 422 g/mol. The Morgan fingerprint density at radius 3 is 2.80 bits per heavy atom. The Morgan fingerprint density at radius 2 is 2.12 bits per heavy atom. The number of hydrogen-bond donors (Lipinski definition) is 2. The molecule has 2 amide bonds. The van der Waals surface area contributed by atoms with Crippen molar-refractivity contribution in [2.24, 2.45) is 5.73 Å². The third-order valence-corrected chi connectivity index (χ3v) is 6.92. The smallest absolute Gasteiger partial charge is 0.251 e. The maximum Gasteiger partial charge on any atom is 0.251 e. The van der Waals surface area contributed by atoms with Gasteiger partial charge in [-0.05, 0) is 71.2 Å². The average molecular weight is 442 g/mol. The third kappa shape index (κ3) is 4.49. The summed E-state index contributed by atoms with van der Waals surface area (Å²) in [6.07, 6.45) is 4.02. The summed E-state index contributed by atoms with van der Waals surface area (Å²) in [7, 11) is 1.90. The van der Waals surface area contributed by atoms with E-state index >= 15 is 0 Å². The van der Waals surface area contributed by atoms with Crippen LogP contribution in [-0.2, 0) is 24.2 Å². The van der Waals surface area contributed by atoms with Crippen molar-refractivity contribution in [3.05, 3.63) is 36.8 Å². The number of halogens is 1. The molecule has 0 spiro atoms. The van der Waals surface area contributed by atoms with E-state index < -0.39 is 5.91 Å². The Hall–Kier alpha value is -1.22. The second-order valence-electron chi connectivity index (χ2n) is 6.26. The van der Waals surface area contributed by atoms with E-state index in [4.69, 9.17) is 5.73 Å². The van der Waals surface area contributed by atoms with Crippen molar-refractivity contribution in [2.75, 3.05) is 18.9 Å². The van der Waals surface area contributed by atoms with Gasteiger partial charge in [-0.2, -0.15) is 0 Å². The first-order valence-corrected chi connectivity index (χ1v) is 10.6. The van der Waals surface area contributed by atoms with Crippen molar-refractivity contribution >= 4 is 55.4 Å². The number of nitrogens with zero attached hydrogens (tertiary/aromatic N) is 1. The number of aryl methyl sites for hydroxylation is 1. The molecule has 2 heterocycles. The summed E-state index contributed by atoms with van der Waals surface area (Å²) in [6.45, 7) is 0.952. The van der Waals surface area contributed by atoms with E-state index in [9.17, 15) is 9.59 Å². The predicted molar refractivity (Wildman–Crippen MR) is 106 cm³/mol. The topological polar surface area (TPSA) is 75.4 Å². The number of likely N-dealkylation sites (N-methyl/N-ethyl adjacent to an activating group) is 1. The van der Waals surface area contributed by atoms with Gasteiger partial charge in [-0.1, -0.05) is 0 Å². The maximum absolute atomic E-state index is 12.4. The lowest BCUT2D eigenvalue weighted by Gasteiger charge is -2.15. The van der Waals surface area contributed by atoms with Crippen molar-refractivity contribution in [2.45, 2.75) is 32.2 Å². The number of fused-ring (bicyclic) bond motifs is 1. The second-order valence-corrected chi connectivity index (χ2v) is 9.65. The molecule has 3 rings (SSSR count). The van der Waals surface area contributed by atoms with Crippen molar-refractivity contribution in [3.8, 4) is 0 Å². The number of primary amides is 1. The van der Waals surface area contributed by atoms with Gasteiger partial charge in [0, 0.05) is 11.4 Å². The molecule has 0 fully saturated rings. The molecule has 0 aromatic carbocycles. The highest BCUT2D eigenvalue weighted by Gasteiger charge is 2.25. The maximum atomic E-state index is 12.4.